The maximum absolute atomic E-state index is 13.1. The van der Waals surface area contributed by atoms with Crippen molar-refractivity contribution in [1.29, 1.82) is 0 Å². The average molecular weight is 256 g/mol. The van der Waals surface area contributed by atoms with E-state index in [0.29, 0.717) is 5.56 Å². The highest BCUT2D eigenvalue weighted by Crippen LogP contribution is 2.16. The number of carbonyl (C=O) groups excluding carboxylic acids is 1. The minimum atomic E-state index is -0.922. The molecule has 0 spiro atoms. The van der Waals surface area contributed by atoms with Crippen molar-refractivity contribution in [3.8, 4) is 0 Å². The van der Waals surface area contributed by atoms with Gasteiger partial charge in [-0.05, 0) is 31.5 Å². The summed E-state index contributed by atoms with van der Waals surface area (Å²) in [6, 6.07) is 2.91. The first-order valence-corrected chi connectivity index (χ1v) is 5.83. The van der Waals surface area contributed by atoms with Crippen LogP contribution in [-0.4, -0.2) is 11.9 Å². The van der Waals surface area contributed by atoms with E-state index in [-0.39, 0.29) is 17.9 Å². The molecule has 1 rings (SSSR count). The molecule has 0 fully saturated rings. The van der Waals surface area contributed by atoms with Gasteiger partial charge in [0.15, 0.2) is 11.6 Å². The SMILES string of the molecule is CC(NC(=O)C(C)C(C)N)c1ccc(F)c(F)c1. The van der Waals surface area contributed by atoms with Gasteiger partial charge in [-0.1, -0.05) is 13.0 Å². The van der Waals surface area contributed by atoms with Crippen molar-refractivity contribution in [3.05, 3.63) is 35.4 Å². The molecule has 3 unspecified atom stereocenters. The summed E-state index contributed by atoms with van der Waals surface area (Å²) in [6.45, 7) is 5.17. The fourth-order valence-electron chi connectivity index (χ4n) is 1.45. The summed E-state index contributed by atoms with van der Waals surface area (Å²) in [5, 5.41) is 2.72. The molecule has 0 saturated heterocycles. The fraction of sp³-hybridized carbons (Fsp3) is 0.462. The number of carbonyl (C=O) groups is 1. The van der Waals surface area contributed by atoms with E-state index >= 15 is 0 Å². The van der Waals surface area contributed by atoms with Crippen molar-refractivity contribution >= 4 is 5.91 Å². The molecule has 0 radical (unpaired) electrons. The summed E-state index contributed by atoms with van der Waals surface area (Å²) in [5.41, 5.74) is 6.14. The molecule has 0 aliphatic rings. The first-order chi connectivity index (χ1) is 8.32. The average Bonchev–Trinajstić information content (AvgIpc) is 2.31. The van der Waals surface area contributed by atoms with Crippen LogP contribution in [0.2, 0.25) is 0 Å². The van der Waals surface area contributed by atoms with E-state index in [4.69, 9.17) is 5.73 Å². The molecule has 3 nitrogen and oxygen atoms in total. The number of amides is 1. The van der Waals surface area contributed by atoms with Crippen LogP contribution in [-0.2, 0) is 4.79 Å². The number of rotatable bonds is 4. The minimum Gasteiger partial charge on any atom is -0.349 e. The molecule has 0 bridgehead atoms. The van der Waals surface area contributed by atoms with Crippen LogP contribution in [0.3, 0.4) is 0 Å². The molecule has 100 valence electrons. The van der Waals surface area contributed by atoms with E-state index in [9.17, 15) is 13.6 Å². The summed E-state index contributed by atoms with van der Waals surface area (Å²) >= 11 is 0. The maximum Gasteiger partial charge on any atom is 0.224 e. The summed E-state index contributed by atoms with van der Waals surface area (Å²) in [4.78, 5) is 11.8. The van der Waals surface area contributed by atoms with Crippen molar-refractivity contribution in [2.24, 2.45) is 11.7 Å². The van der Waals surface area contributed by atoms with Crippen LogP contribution in [0.15, 0.2) is 18.2 Å². The predicted octanol–water partition coefficient (Wildman–Crippen LogP) is 2.13. The second-order valence-corrected chi connectivity index (χ2v) is 4.55. The van der Waals surface area contributed by atoms with Gasteiger partial charge in [-0.25, -0.2) is 8.78 Å². The molecule has 5 heteroatoms. The molecular weight excluding hydrogens is 238 g/mol. The summed E-state index contributed by atoms with van der Waals surface area (Å²) in [5.74, 6) is -2.37. The molecule has 0 heterocycles. The van der Waals surface area contributed by atoms with E-state index in [1.165, 1.54) is 6.07 Å². The number of benzene rings is 1. The first-order valence-electron chi connectivity index (χ1n) is 5.83. The minimum absolute atomic E-state index is 0.206. The van der Waals surface area contributed by atoms with Crippen LogP contribution in [0.1, 0.15) is 32.4 Å². The van der Waals surface area contributed by atoms with E-state index in [1.54, 1.807) is 20.8 Å². The normalized spacial score (nSPS) is 15.9. The highest BCUT2D eigenvalue weighted by Gasteiger charge is 2.19. The van der Waals surface area contributed by atoms with Gasteiger partial charge in [0.1, 0.15) is 0 Å². The zero-order chi connectivity index (χ0) is 13.9. The van der Waals surface area contributed by atoms with Crippen molar-refractivity contribution in [2.45, 2.75) is 32.9 Å². The van der Waals surface area contributed by atoms with E-state index < -0.39 is 17.7 Å². The summed E-state index contributed by atoms with van der Waals surface area (Å²) in [7, 11) is 0. The Morgan fingerprint density at radius 2 is 1.83 bits per heavy atom. The number of hydrogen-bond donors (Lipinski definition) is 2. The van der Waals surface area contributed by atoms with E-state index in [2.05, 4.69) is 5.32 Å². The Bertz CT molecular complexity index is 435. The Morgan fingerprint density at radius 1 is 1.22 bits per heavy atom. The third-order valence-electron chi connectivity index (χ3n) is 3.00. The van der Waals surface area contributed by atoms with Gasteiger partial charge in [0, 0.05) is 12.0 Å². The van der Waals surface area contributed by atoms with Crippen molar-refractivity contribution in [3.63, 3.8) is 0 Å². The smallest absolute Gasteiger partial charge is 0.224 e. The van der Waals surface area contributed by atoms with Crippen LogP contribution >= 0.6 is 0 Å². The topological polar surface area (TPSA) is 55.1 Å². The number of nitrogens with one attached hydrogen (secondary N) is 1. The quantitative estimate of drug-likeness (QED) is 0.867. The van der Waals surface area contributed by atoms with Gasteiger partial charge in [-0.2, -0.15) is 0 Å². The molecule has 0 aliphatic carbocycles. The predicted molar refractivity (Wildman–Crippen MR) is 65.7 cm³/mol. The zero-order valence-corrected chi connectivity index (χ0v) is 10.7. The molecular formula is C13H18F2N2O. The zero-order valence-electron chi connectivity index (χ0n) is 10.7. The van der Waals surface area contributed by atoms with Gasteiger partial charge in [0.05, 0.1) is 6.04 Å². The molecule has 1 aromatic rings. The standard InChI is InChI=1S/C13H18F2N2O/c1-7(8(2)16)13(18)17-9(3)10-4-5-11(14)12(15)6-10/h4-9H,16H2,1-3H3,(H,17,18). The number of halogens is 2. The second kappa shape index (κ2) is 5.91. The van der Waals surface area contributed by atoms with Crippen LogP contribution in [0.4, 0.5) is 8.78 Å². The van der Waals surface area contributed by atoms with Crippen LogP contribution in [0, 0.1) is 17.6 Å². The monoisotopic (exact) mass is 256 g/mol. The Labute approximate surface area is 105 Å². The van der Waals surface area contributed by atoms with Gasteiger partial charge in [-0.15, -0.1) is 0 Å². The van der Waals surface area contributed by atoms with Crippen molar-refractivity contribution in [2.75, 3.05) is 0 Å². The van der Waals surface area contributed by atoms with Gasteiger partial charge >= 0.3 is 0 Å². The highest BCUT2D eigenvalue weighted by molar-refractivity contribution is 5.79. The second-order valence-electron chi connectivity index (χ2n) is 4.55. The van der Waals surface area contributed by atoms with Gasteiger partial charge in [0.2, 0.25) is 5.91 Å². The summed E-state index contributed by atoms with van der Waals surface area (Å²) in [6.07, 6.45) is 0. The molecule has 0 aromatic heterocycles. The van der Waals surface area contributed by atoms with Crippen molar-refractivity contribution < 1.29 is 13.6 Å². The Hall–Kier alpha value is -1.49. The van der Waals surface area contributed by atoms with E-state index in [0.717, 1.165) is 12.1 Å². The maximum atomic E-state index is 13.1. The van der Waals surface area contributed by atoms with Crippen molar-refractivity contribution in [1.82, 2.24) is 5.32 Å². The lowest BCUT2D eigenvalue weighted by Crippen LogP contribution is -2.39. The van der Waals surface area contributed by atoms with Crippen LogP contribution in [0.25, 0.3) is 0 Å². The third-order valence-corrected chi connectivity index (χ3v) is 3.00. The molecule has 1 amide bonds. The van der Waals surface area contributed by atoms with Gasteiger partial charge in [-0.3, -0.25) is 4.79 Å². The Morgan fingerprint density at radius 3 is 2.33 bits per heavy atom. The lowest BCUT2D eigenvalue weighted by Gasteiger charge is -2.20. The number of nitrogens with two attached hydrogens (primary N) is 1. The summed E-state index contributed by atoms with van der Waals surface area (Å²) < 4.78 is 25.8. The largest absolute Gasteiger partial charge is 0.349 e. The lowest BCUT2D eigenvalue weighted by atomic mass is 10.0. The Kier molecular flexibility index (Phi) is 4.78. The third kappa shape index (κ3) is 3.50. The lowest BCUT2D eigenvalue weighted by molar-refractivity contribution is -0.125. The van der Waals surface area contributed by atoms with Crippen LogP contribution in [0.5, 0.6) is 0 Å². The van der Waals surface area contributed by atoms with Gasteiger partial charge < -0.3 is 11.1 Å². The molecule has 3 atom stereocenters. The first kappa shape index (κ1) is 14.6. The fourth-order valence-corrected chi connectivity index (χ4v) is 1.45. The number of hydrogen-bond acceptors (Lipinski definition) is 2. The van der Waals surface area contributed by atoms with Crippen LogP contribution < -0.4 is 11.1 Å². The molecule has 18 heavy (non-hydrogen) atoms. The highest BCUT2D eigenvalue weighted by atomic mass is 19.2. The van der Waals surface area contributed by atoms with Gasteiger partial charge in [0.25, 0.3) is 0 Å². The van der Waals surface area contributed by atoms with E-state index in [1.807, 2.05) is 0 Å². The Balaban J connectivity index is 2.73. The molecule has 0 saturated carbocycles. The molecule has 0 aliphatic heterocycles. The molecule has 3 N–H and O–H groups in total. The molecule has 1 aromatic carbocycles.